The number of hydrogen-bond donors (Lipinski definition) is 2. The standard InChI is InChI=1S/C19H25ClN2O4/c1-13(18(24)21-11-14-5-3-2-4-6-14)26-17(23)12-22-19(25)15-7-9-16(20)10-8-15/h7-10,13-14H,2-6,11-12H2,1H3,(H,21,24)(H,22,25)/t13-/m1/s1. The van der Waals surface area contributed by atoms with Crippen molar-refractivity contribution in [1.82, 2.24) is 10.6 Å². The number of halogens is 1. The molecule has 0 bridgehead atoms. The van der Waals surface area contributed by atoms with E-state index in [1.165, 1.54) is 26.2 Å². The van der Waals surface area contributed by atoms with Gasteiger partial charge < -0.3 is 15.4 Å². The highest BCUT2D eigenvalue weighted by molar-refractivity contribution is 6.30. The summed E-state index contributed by atoms with van der Waals surface area (Å²) in [5.41, 5.74) is 0.389. The van der Waals surface area contributed by atoms with Crippen LogP contribution in [0.2, 0.25) is 5.02 Å². The predicted molar refractivity (Wildman–Crippen MR) is 98.9 cm³/mol. The Kier molecular flexibility index (Phi) is 7.91. The van der Waals surface area contributed by atoms with Crippen molar-refractivity contribution < 1.29 is 19.1 Å². The molecule has 1 saturated carbocycles. The number of amides is 2. The molecule has 1 aromatic carbocycles. The number of hydrogen-bond acceptors (Lipinski definition) is 4. The lowest BCUT2D eigenvalue weighted by molar-refractivity contribution is -0.153. The summed E-state index contributed by atoms with van der Waals surface area (Å²) in [4.78, 5) is 35.8. The Labute approximate surface area is 158 Å². The van der Waals surface area contributed by atoms with Gasteiger partial charge >= 0.3 is 5.97 Å². The van der Waals surface area contributed by atoms with Gasteiger partial charge in [-0.15, -0.1) is 0 Å². The zero-order valence-electron chi connectivity index (χ0n) is 14.9. The predicted octanol–water partition coefficient (Wildman–Crippen LogP) is 2.70. The lowest BCUT2D eigenvalue weighted by atomic mass is 9.89. The highest BCUT2D eigenvalue weighted by Gasteiger charge is 2.20. The van der Waals surface area contributed by atoms with Crippen molar-refractivity contribution in [2.45, 2.75) is 45.1 Å². The van der Waals surface area contributed by atoms with E-state index in [1.807, 2.05) is 0 Å². The SMILES string of the molecule is C[C@@H](OC(=O)CNC(=O)c1ccc(Cl)cc1)C(=O)NCC1CCCCC1. The highest BCUT2D eigenvalue weighted by Crippen LogP contribution is 2.22. The average Bonchev–Trinajstić information content (AvgIpc) is 2.65. The minimum absolute atomic E-state index is 0.304. The van der Waals surface area contributed by atoms with Crippen molar-refractivity contribution in [2.24, 2.45) is 5.92 Å². The van der Waals surface area contributed by atoms with Gasteiger partial charge in [0.15, 0.2) is 6.10 Å². The van der Waals surface area contributed by atoms with Crippen LogP contribution in [-0.2, 0) is 14.3 Å². The molecule has 7 heteroatoms. The third-order valence-electron chi connectivity index (χ3n) is 4.47. The Morgan fingerprint density at radius 2 is 1.77 bits per heavy atom. The minimum atomic E-state index is -0.890. The fraction of sp³-hybridized carbons (Fsp3) is 0.526. The molecule has 1 aromatic rings. The summed E-state index contributed by atoms with van der Waals surface area (Å²) < 4.78 is 5.07. The molecule has 142 valence electrons. The van der Waals surface area contributed by atoms with Crippen LogP contribution in [0, 0.1) is 5.92 Å². The Hall–Kier alpha value is -2.08. The summed E-state index contributed by atoms with van der Waals surface area (Å²) in [6, 6.07) is 6.30. The third kappa shape index (κ3) is 6.67. The van der Waals surface area contributed by atoms with Gasteiger partial charge in [-0.25, -0.2) is 0 Å². The van der Waals surface area contributed by atoms with Crippen molar-refractivity contribution in [3.05, 3.63) is 34.9 Å². The summed E-state index contributed by atoms with van der Waals surface area (Å²) in [5.74, 6) is -0.872. The smallest absolute Gasteiger partial charge is 0.326 e. The van der Waals surface area contributed by atoms with Gasteiger partial charge in [0.05, 0.1) is 0 Å². The van der Waals surface area contributed by atoms with Crippen molar-refractivity contribution >= 4 is 29.4 Å². The summed E-state index contributed by atoms with van der Waals surface area (Å²) >= 11 is 5.76. The summed E-state index contributed by atoms with van der Waals surface area (Å²) in [6.45, 7) is 1.84. The fourth-order valence-corrected chi connectivity index (χ4v) is 3.05. The van der Waals surface area contributed by atoms with Crippen molar-refractivity contribution in [3.8, 4) is 0 Å². The Morgan fingerprint density at radius 1 is 1.12 bits per heavy atom. The summed E-state index contributed by atoms with van der Waals surface area (Å²) in [6.07, 6.45) is 5.05. The molecule has 1 fully saturated rings. The molecule has 1 aliphatic carbocycles. The second-order valence-electron chi connectivity index (χ2n) is 6.57. The number of nitrogens with one attached hydrogen (secondary N) is 2. The van der Waals surface area contributed by atoms with E-state index in [9.17, 15) is 14.4 Å². The molecule has 0 saturated heterocycles. The van der Waals surface area contributed by atoms with Gasteiger partial charge in [-0.2, -0.15) is 0 Å². The van der Waals surface area contributed by atoms with Crippen molar-refractivity contribution in [2.75, 3.05) is 13.1 Å². The quantitative estimate of drug-likeness (QED) is 0.712. The van der Waals surface area contributed by atoms with E-state index in [-0.39, 0.29) is 12.5 Å². The molecule has 0 radical (unpaired) electrons. The van der Waals surface area contributed by atoms with Crippen LogP contribution >= 0.6 is 11.6 Å². The van der Waals surface area contributed by atoms with E-state index in [2.05, 4.69) is 10.6 Å². The first kappa shape index (κ1) is 20.2. The molecular formula is C19H25ClN2O4. The van der Waals surface area contributed by atoms with E-state index in [4.69, 9.17) is 16.3 Å². The molecule has 2 amide bonds. The van der Waals surface area contributed by atoms with Crippen LogP contribution in [0.4, 0.5) is 0 Å². The van der Waals surface area contributed by atoms with E-state index in [1.54, 1.807) is 24.3 Å². The molecule has 2 rings (SSSR count). The number of rotatable bonds is 7. The van der Waals surface area contributed by atoms with Crippen molar-refractivity contribution in [1.29, 1.82) is 0 Å². The monoisotopic (exact) mass is 380 g/mol. The highest BCUT2D eigenvalue weighted by atomic mass is 35.5. The van der Waals surface area contributed by atoms with Gasteiger partial charge in [0.2, 0.25) is 0 Å². The Bertz CT molecular complexity index is 627. The Morgan fingerprint density at radius 3 is 2.42 bits per heavy atom. The van der Waals surface area contributed by atoms with Crippen LogP contribution in [0.5, 0.6) is 0 Å². The topological polar surface area (TPSA) is 84.5 Å². The minimum Gasteiger partial charge on any atom is -0.451 e. The Balaban J connectivity index is 1.68. The lowest BCUT2D eigenvalue weighted by Gasteiger charge is -2.22. The molecule has 0 aliphatic heterocycles. The maximum Gasteiger partial charge on any atom is 0.326 e. The van der Waals surface area contributed by atoms with Gasteiger partial charge in [0, 0.05) is 17.1 Å². The largest absolute Gasteiger partial charge is 0.451 e. The zero-order chi connectivity index (χ0) is 18.9. The van der Waals surface area contributed by atoms with Crippen LogP contribution in [-0.4, -0.2) is 37.0 Å². The maximum atomic E-state index is 12.0. The molecule has 0 aromatic heterocycles. The summed E-state index contributed by atoms with van der Waals surface area (Å²) in [5, 5.41) is 5.82. The van der Waals surface area contributed by atoms with Gasteiger partial charge in [0.1, 0.15) is 6.54 Å². The van der Waals surface area contributed by atoms with Gasteiger partial charge in [0.25, 0.3) is 11.8 Å². The molecule has 0 spiro atoms. The lowest BCUT2D eigenvalue weighted by Crippen LogP contribution is -2.40. The van der Waals surface area contributed by atoms with Crippen LogP contribution in [0.3, 0.4) is 0 Å². The molecular weight excluding hydrogens is 356 g/mol. The first-order chi connectivity index (χ1) is 12.5. The average molecular weight is 381 g/mol. The molecule has 1 atom stereocenters. The van der Waals surface area contributed by atoms with Crippen LogP contribution in [0.25, 0.3) is 0 Å². The summed E-state index contributed by atoms with van der Waals surface area (Å²) in [7, 11) is 0. The van der Waals surface area contributed by atoms with E-state index >= 15 is 0 Å². The number of carbonyl (C=O) groups is 3. The number of carbonyl (C=O) groups excluding carboxylic acids is 3. The second kappa shape index (κ2) is 10.2. The second-order valence-corrected chi connectivity index (χ2v) is 7.01. The fourth-order valence-electron chi connectivity index (χ4n) is 2.93. The maximum absolute atomic E-state index is 12.0. The molecule has 0 unspecified atom stereocenters. The zero-order valence-corrected chi connectivity index (χ0v) is 15.7. The van der Waals surface area contributed by atoms with Gasteiger partial charge in [-0.3, -0.25) is 14.4 Å². The molecule has 26 heavy (non-hydrogen) atoms. The molecule has 1 aliphatic rings. The van der Waals surface area contributed by atoms with Crippen LogP contribution < -0.4 is 10.6 Å². The molecule has 6 nitrogen and oxygen atoms in total. The van der Waals surface area contributed by atoms with Gasteiger partial charge in [-0.05, 0) is 49.9 Å². The van der Waals surface area contributed by atoms with E-state index < -0.39 is 18.0 Å². The third-order valence-corrected chi connectivity index (χ3v) is 4.72. The van der Waals surface area contributed by atoms with E-state index in [0.717, 1.165) is 12.8 Å². The molecule has 2 N–H and O–H groups in total. The number of benzene rings is 1. The van der Waals surface area contributed by atoms with Crippen molar-refractivity contribution in [3.63, 3.8) is 0 Å². The van der Waals surface area contributed by atoms with Crippen LogP contribution in [0.1, 0.15) is 49.4 Å². The van der Waals surface area contributed by atoms with Gasteiger partial charge in [-0.1, -0.05) is 30.9 Å². The normalized spacial score (nSPS) is 15.8. The first-order valence-corrected chi connectivity index (χ1v) is 9.34. The van der Waals surface area contributed by atoms with Crippen LogP contribution in [0.15, 0.2) is 24.3 Å². The first-order valence-electron chi connectivity index (χ1n) is 8.96. The number of esters is 1. The number of ether oxygens (including phenoxy) is 1. The molecule has 0 heterocycles. The van der Waals surface area contributed by atoms with E-state index in [0.29, 0.717) is 23.0 Å².